The Morgan fingerprint density at radius 1 is 1.25 bits per heavy atom. The second kappa shape index (κ2) is 5.50. The van der Waals surface area contributed by atoms with Crippen LogP contribution < -0.4 is 5.73 Å². The first-order chi connectivity index (χ1) is 7.72. The third-order valence-corrected chi connectivity index (χ3v) is 4.72. The Hall–Kier alpha value is -0.0800. The number of rotatable bonds is 4. The minimum absolute atomic E-state index is 0.183. The third-order valence-electron chi connectivity index (χ3n) is 4.72. The maximum absolute atomic E-state index is 6.48. The lowest BCUT2D eigenvalue weighted by atomic mass is 9.80. The Bertz CT molecular complexity index is 209. The summed E-state index contributed by atoms with van der Waals surface area (Å²) >= 11 is 0. The van der Waals surface area contributed by atoms with Gasteiger partial charge in [-0.2, -0.15) is 0 Å². The molecule has 1 atom stereocenters. The second-order valence-corrected chi connectivity index (χ2v) is 6.04. The molecule has 1 aliphatic heterocycles. The van der Waals surface area contributed by atoms with E-state index >= 15 is 0 Å². The summed E-state index contributed by atoms with van der Waals surface area (Å²) in [6, 6.07) is 0. The first-order valence-electron chi connectivity index (χ1n) is 7.23. The summed E-state index contributed by atoms with van der Waals surface area (Å²) < 4.78 is 0. The van der Waals surface area contributed by atoms with Crippen molar-refractivity contribution in [1.82, 2.24) is 4.90 Å². The van der Waals surface area contributed by atoms with Gasteiger partial charge in [0.05, 0.1) is 0 Å². The molecule has 1 unspecified atom stereocenters. The van der Waals surface area contributed by atoms with Gasteiger partial charge in [-0.05, 0) is 44.7 Å². The van der Waals surface area contributed by atoms with Crippen LogP contribution in [0.5, 0.6) is 0 Å². The highest BCUT2D eigenvalue weighted by Gasteiger charge is 2.29. The fourth-order valence-corrected chi connectivity index (χ4v) is 3.34. The molecule has 2 nitrogen and oxygen atoms in total. The predicted octanol–water partition coefficient (Wildman–Crippen LogP) is 2.77. The maximum Gasteiger partial charge on any atom is 0.0166 e. The Labute approximate surface area is 101 Å². The molecule has 1 aliphatic carbocycles. The zero-order valence-corrected chi connectivity index (χ0v) is 10.9. The Balaban J connectivity index is 1.70. The molecule has 0 bridgehead atoms. The SMILES string of the molecule is CCC1CCN(CCC2(N)CCCCC2)C1. The van der Waals surface area contributed by atoms with Crippen molar-refractivity contribution in [1.29, 1.82) is 0 Å². The van der Waals surface area contributed by atoms with Crippen molar-refractivity contribution in [3.8, 4) is 0 Å². The van der Waals surface area contributed by atoms with Crippen LogP contribution in [0.4, 0.5) is 0 Å². The zero-order chi connectivity index (χ0) is 11.4. The van der Waals surface area contributed by atoms with E-state index in [4.69, 9.17) is 5.73 Å². The molecular formula is C14H28N2. The van der Waals surface area contributed by atoms with Crippen molar-refractivity contribution in [2.24, 2.45) is 11.7 Å². The van der Waals surface area contributed by atoms with E-state index in [1.807, 2.05) is 0 Å². The van der Waals surface area contributed by atoms with Crippen LogP contribution >= 0.6 is 0 Å². The van der Waals surface area contributed by atoms with Crippen molar-refractivity contribution in [3.05, 3.63) is 0 Å². The summed E-state index contributed by atoms with van der Waals surface area (Å²) in [6.45, 7) is 6.20. The van der Waals surface area contributed by atoms with Crippen molar-refractivity contribution >= 4 is 0 Å². The van der Waals surface area contributed by atoms with Gasteiger partial charge in [-0.1, -0.05) is 32.6 Å². The van der Waals surface area contributed by atoms with Crippen LogP contribution in [0.25, 0.3) is 0 Å². The first-order valence-corrected chi connectivity index (χ1v) is 7.23. The van der Waals surface area contributed by atoms with Crippen LogP contribution in [0.15, 0.2) is 0 Å². The van der Waals surface area contributed by atoms with Gasteiger partial charge in [0.2, 0.25) is 0 Å². The average Bonchev–Trinajstić information content (AvgIpc) is 2.75. The van der Waals surface area contributed by atoms with Crippen LogP contribution in [0.2, 0.25) is 0 Å². The van der Waals surface area contributed by atoms with E-state index in [-0.39, 0.29) is 5.54 Å². The van der Waals surface area contributed by atoms with Crippen molar-refractivity contribution < 1.29 is 0 Å². The van der Waals surface area contributed by atoms with E-state index in [2.05, 4.69) is 11.8 Å². The second-order valence-electron chi connectivity index (χ2n) is 6.04. The number of hydrogen-bond donors (Lipinski definition) is 1. The number of nitrogens with two attached hydrogens (primary N) is 1. The predicted molar refractivity (Wildman–Crippen MR) is 69.5 cm³/mol. The maximum atomic E-state index is 6.48. The molecule has 2 N–H and O–H groups in total. The van der Waals surface area contributed by atoms with Gasteiger partial charge in [0, 0.05) is 12.1 Å². The Morgan fingerprint density at radius 2 is 2.00 bits per heavy atom. The summed E-state index contributed by atoms with van der Waals surface area (Å²) in [6.07, 6.45) is 10.6. The fourth-order valence-electron chi connectivity index (χ4n) is 3.34. The van der Waals surface area contributed by atoms with Crippen LogP contribution in [0.3, 0.4) is 0 Å². The molecule has 0 spiro atoms. The number of likely N-dealkylation sites (tertiary alicyclic amines) is 1. The van der Waals surface area contributed by atoms with Gasteiger partial charge in [0.1, 0.15) is 0 Å². The van der Waals surface area contributed by atoms with Crippen LogP contribution in [-0.2, 0) is 0 Å². The molecule has 1 saturated carbocycles. The molecule has 2 rings (SSSR count). The highest BCUT2D eigenvalue weighted by molar-refractivity contribution is 4.88. The number of hydrogen-bond acceptors (Lipinski definition) is 2. The van der Waals surface area contributed by atoms with Gasteiger partial charge in [-0.3, -0.25) is 0 Å². The van der Waals surface area contributed by atoms with Crippen LogP contribution in [0, 0.1) is 5.92 Å². The molecule has 0 aromatic carbocycles. The normalized spacial score (nSPS) is 30.8. The van der Waals surface area contributed by atoms with E-state index in [1.165, 1.54) is 71.0 Å². The van der Waals surface area contributed by atoms with Crippen molar-refractivity contribution in [2.75, 3.05) is 19.6 Å². The Kier molecular flexibility index (Phi) is 4.26. The van der Waals surface area contributed by atoms with E-state index in [9.17, 15) is 0 Å². The molecule has 2 aliphatic rings. The monoisotopic (exact) mass is 224 g/mol. The average molecular weight is 224 g/mol. The molecule has 0 aromatic rings. The summed E-state index contributed by atoms with van der Waals surface area (Å²) in [7, 11) is 0. The molecule has 2 heteroatoms. The highest BCUT2D eigenvalue weighted by atomic mass is 15.1. The summed E-state index contributed by atoms with van der Waals surface area (Å²) in [4.78, 5) is 2.64. The lowest BCUT2D eigenvalue weighted by Gasteiger charge is -2.34. The minimum Gasteiger partial charge on any atom is -0.325 e. The summed E-state index contributed by atoms with van der Waals surface area (Å²) in [5, 5.41) is 0. The van der Waals surface area contributed by atoms with Crippen molar-refractivity contribution in [3.63, 3.8) is 0 Å². The molecule has 2 fully saturated rings. The van der Waals surface area contributed by atoms with E-state index in [0.717, 1.165) is 5.92 Å². The van der Waals surface area contributed by atoms with Gasteiger partial charge in [-0.25, -0.2) is 0 Å². The summed E-state index contributed by atoms with van der Waals surface area (Å²) in [5.41, 5.74) is 6.66. The topological polar surface area (TPSA) is 29.3 Å². The molecule has 0 radical (unpaired) electrons. The van der Waals surface area contributed by atoms with E-state index < -0.39 is 0 Å². The van der Waals surface area contributed by atoms with Gasteiger partial charge < -0.3 is 10.6 Å². The van der Waals surface area contributed by atoms with Gasteiger partial charge >= 0.3 is 0 Å². The quantitative estimate of drug-likeness (QED) is 0.795. The van der Waals surface area contributed by atoms with Gasteiger partial charge in [0.15, 0.2) is 0 Å². The molecule has 0 aromatic heterocycles. The standard InChI is InChI=1S/C14H28N2/c1-2-13-6-10-16(12-13)11-9-14(15)7-4-3-5-8-14/h13H,2-12,15H2,1H3. The van der Waals surface area contributed by atoms with Gasteiger partial charge in [0.25, 0.3) is 0 Å². The highest BCUT2D eigenvalue weighted by Crippen LogP contribution is 2.29. The third kappa shape index (κ3) is 3.21. The van der Waals surface area contributed by atoms with E-state index in [1.54, 1.807) is 0 Å². The molecule has 94 valence electrons. The zero-order valence-electron chi connectivity index (χ0n) is 10.9. The number of nitrogens with zero attached hydrogens (tertiary/aromatic N) is 1. The Morgan fingerprint density at radius 3 is 2.62 bits per heavy atom. The molecular weight excluding hydrogens is 196 g/mol. The summed E-state index contributed by atoms with van der Waals surface area (Å²) in [5.74, 6) is 0.958. The van der Waals surface area contributed by atoms with Gasteiger partial charge in [-0.15, -0.1) is 0 Å². The van der Waals surface area contributed by atoms with Crippen LogP contribution in [0.1, 0.15) is 58.3 Å². The molecule has 1 heterocycles. The molecule has 1 saturated heterocycles. The molecule has 0 amide bonds. The minimum atomic E-state index is 0.183. The lowest BCUT2D eigenvalue weighted by Crippen LogP contribution is -2.44. The molecule has 16 heavy (non-hydrogen) atoms. The van der Waals surface area contributed by atoms with E-state index in [0.29, 0.717) is 0 Å². The fraction of sp³-hybridized carbons (Fsp3) is 1.00. The van der Waals surface area contributed by atoms with Crippen LogP contribution in [-0.4, -0.2) is 30.1 Å². The lowest BCUT2D eigenvalue weighted by molar-refractivity contribution is 0.226. The van der Waals surface area contributed by atoms with Crippen molar-refractivity contribution in [2.45, 2.75) is 63.8 Å². The smallest absolute Gasteiger partial charge is 0.0166 e. The first kappa shape index (κ1) is 12.4. The largest absolute Gasteiger partial charge is 0.325 e.